The van der Waals surface area contributed by atoms with Crippen LogP contribution in [0.4, 0.5) is 5.69 Å². The van der Waals surface area contributed by atoms with E-state index in [1.165, 1.54) is 0 Å². The van der Waals surface area contributed by atoms with E-state index in [0.29, 0.717) is 19.5 Å². The summed E-state index contributed by atoms with van der Waals surface area (Å²) < 4.78 is 0. The Balaban J connectivity index is 0.00000225. The highest BCUT2D eigenvalue weighted by Gasteiger charge is 2.18. The number of hydrogen-bond acceptors (Lipinski definition) is 5. The number of nitrogens with one attached hydrogen (secondary N) is 2. The molecule has 9 heteroatoms. The summed E-state index contributed by atoms with van der Waals surface area (Å²) >= 11 is 0. The molecule has 1 aliphatic rings. The van der Waals surface area contributed by atoms with Crippen LogP contribution in [0.25, 0.3) is 0 Å². The van der Waals surface area contributed by atoms with Gasteiger partial charge in [-0.05, 0) is 23.8 Å². The fourth-order valence-corrected chi connectivity index (χ4v) is 3.22. The molecule has 0 radical (unpaired) electrons. The van der Waals surface area contributed by atoms with Gasteiger partial charge in [0.05, 0.1) is 6.54 Å². The quantitative estimate of drug-likeness (QED) is 0.640. The fraction of sp³-hybridized carbons (Fsp3) is 0.381. The summed E-state index contributed by atoms with van der Waals surface area (Å²) in [5.74, 6) is 0.0471. The van der Waals surface area contributed by atoms with E-state index < -0.39 is 0 Å². The molecule has 2 N–H and O–H groups in total. The van der Waals surface area contributed by atoms with Crippen LogP contribution in [0.2, 0.25) is 0 Å². The molecule has 0 saturated carbocycles. The standard InChI is InChI=1S/C21H27N5O2.2ClH/c27-20(24-19-6-2-1-3-7-19)17-25(16-18-5-4-9-23-15-18)12-8-21(28)26-13-10-22-11-14-26;;/h1-7,9,15,22H,8,10-14,16-17H2,(H,24,27);2*1H. The zero-order valence-corrected chi connectivity index (χ0v) is 18.5. The molecule has 1 aliphatic heterocycles. The van der Waals surface area contributed by atoms with Crippen LogP contribution in [0.1, 0.15) is 12.0 Å². The van der Waals surface area contributed by atoms with Crippen LogP contribution in [0.3, 0.4) is 0 Å². The zero-order valence-electron chi connectivity index (χ0n) is 16.8. The molecule has 2 heterocycles. The second-order valence-electron chi connectivity index (χ2n) is 6.87. The van der Waals surface area contributed by atoms with Gasteiger partial charge in [0.1, 0.15) is 0 Å². The summed E-state index contributed by atoms with van der Waals surface area (Å²) in [5, 5.41) is 6.16. The SMILES string of the molecule is Cl.Cl.O=C(CN(CCC(=O)N1CCNCC1)Cc1cccnc1)Nc1ccccc1. The van der Waals surface area contributed by atoms with E-state index in [2.05, 4.69) is 15.6 Å². The first kappa shape index (κ1) is 25.8. The van der Waals surface area contributed by atoms with Gasteiger partial charge in [-0.25, -0.2) is 0 Å². The van der Waals surface area contributed by atoms with Crippen LogP contribution in [0.5, 0.6) is 0 Å². The maximum Gasteiger partial charge on any atom is 0.238 e. The number of carbonyl (C=O) groups is 2. The van der Waals surface area contributed by atoms with Crippen molar-refractivity contribution in [2.24, 2.45) is 0 Å². The number of hydrogen-bond donors (Lipinski definition) is 2. The Hall–Kier alpha value is -2.19. The highest BCUT2D eigenvalue weighted by atomic mass is 35.5. The van der Waals surface area contributed by atoms with E-state index in [9.17, 15) is 9.59 Å². The average molecular weight is 454 g/mol. The van der Waals surface area contributed by atoms with Crippen molar-refractivity contribution in [3.05, 3.63) is 60.4 Å². The van der Waals surface area contributed by atoms with E-state index in [0.717, 1.165) is 37.4 Å². The van der Waals surface area contributed by atoms with E-state index in [1.807, 2.05) is 52.3 Å². The summed E-state index contributed by atoms with van der Waals surface area (Å²) in [4.78, 5) is 33.0. The van der Waals surface area contributed by atoms with E-state index in [-0.39, 0.29) is 43.2 Å². The topological polar surface area (TPSA) is 77.6 Å². The molecule has 3 rings (SSSR count). The number of benzene rings is 1. The monoisotopic (exact) mass is 453 g/mol. The summed E-state index contributed by atoms with van der Waals surface area (Å²) in [6.45, 7) is 4.49. The van der Waals surface area contributed by atoms with Crippen molar-refractivity contribution in [3.63, 3.8) is 0 Å². The average Bonchev–Trinajstić information content (AvgIpc) is 2.74. The number of aromatic nitrogens is 1. The zero-order chi connectivity index (χ0) is 19.6. The summed E-state index contributed by atoms with van der Waals surface area (Å²) in [6.07, 6.45) is 3.92. The van der Waals surface area contributed by atoms with Gasteiger partial charge in [-0.2, -0.15) is 0 Å². The first-order valence-corrected chi connectivity index (χ1v) is 9.65. The van der Waals surface area contributed by atoms with E-state index in [4.69, 9.17) is 0 Å². The van der Waals surface area contributed by atoms with Crippen LogP contribution in [-0.2, 0) is 16.1 Å². The lowest BCUT2D eigenvalue weighted by molar-refractivity contribution is -0.132. The van der Waals surface area contributed by atoms with Crippen molar-refractivity contribution in [2.75, 3.05) is 44.6 Å². The van der Waals surface area contributed by atoms with Crippen LogP contribution in [0.15, 0.2) is 54.9 Å². The summed E-state index contributed by atoms with van der Waals surface area (Å²) in [5.41, 5.74) is 1.79. The molecule has 1 aromatic heterocycles. The number of piperazine rings is 1. The van der Waals surface area contributed by atoms with Gasteiger partial charge in [0, 0.05) is 63.8 Å². The minimum Gasteiger partial charge on any atom is -0.340 e. The molecule has 1 fully saturated rings. The van der Waals surface area contributed by atoms with E-state index >= 15 is 0 Å². The van der Waals surface area contributed by atoms with Crippen molar-refractivity contribution in [1.82, 2.24) is 20.1 Å². The smallest absolute Gasteiger partial charge is 0.238 e. The fourth-order valence-electron chi connectivity index (χ4n) is 3.22. The van der Waals surface area contributed by atoms with Gasteiger partial charge in [-0.3, -0.25) is 19.5 Å². The van der Waals surface area contributed by atoms with Gasteiger partial charge in [0.2, 0.25) is 11.8 Å². The lowest BCUT2D eigenvalue weighted by atomic mass is 10.2. The molecular weight excluding hydrogens is 425 g/mol. The molecule has 2 aromatic rings. The van der Waals surface area contributed by atoms with Gasteiger partial charge in [-0.15, -0.1) is 24.8 Å². The van der Waals surface area contributed by atoms with Crippen LogP contribution < -0.4 is 10.6 Å². The third kappa shape index (κ3) is 8.67. The number of anilines is 1. The van der Waals surface area contributed by atoms with Crippen molar-refractivity contribution in [3.8, 4) is 0 Å². The highest BCUT2D eigenvalue weighted by molar-refractivity contribution is 5.92. The van der Waals surface area contributed by atoms with Crippen molar-refractivity contribution < 1.29 is 9.59 Å². The van der Waals surface area contributed by atoms with Crippen molar-refractivity contribution in [1.29, 1.82) is 0 Å². The van der Waals surface area contributed by atoms with Crippen molar-refractivity contribution >= 4 is 42.3 Å². The van der Waals surface area contributed by atoms with Gasteiger partial charge in [-0.1, -0.05) is 24.3 Å². The number of halogens is 2. The second kappa shape index (κ2) is 13.9. The number of rotatable bonds is 8. The van der Waals surface area contributed by atoms with Gasteiger partial charge in [0.25, 0.3) is 0 Å². The third-order valence-corrected chi connectivity index (χ3v) is 4.67. The number of amides is 2. The molecule has 30 heavy (non-hydrogen) atoms. The molecule has 0 atom stereocenters. The molecule has 0 unspecified atom stereocenters. The minimum atomic E-state index is -0.0929. The Kier molecular flexibility index (Phi) is 12.0. The molecular formula is C21H29Cl2N5O2. The minimum absolute atomic E-state index is 0. The predicted molar refractivity (Wildman–Crippen MR) is 123 cm³/mol. The Bertz CT molecular complexity index is 759. The number of nitrogens with zero attached hydrogens (tertiary/aromatic N) is 3. The lowest BCUT2D eigenvalue weighted by Gasteiger charge is -2.29. The lowest BCUT2D eigenvalue weighted by Crippen LogP contribution is -2.47. The summed E-state index contributed by atoms with van der Waals surface area (Å²) in [6, 6.07) is 13.3. The molecule has 1 saturated heterocycles. The molecule has 0 spiro atoms. The van der Waals surface area contributed by atoms with E-state index in [1.54, 1.807) is 12.4 Å². The molecule has 1 aromatic carbocycles. The van der Waals surface area contributed by atoms with Gasteiger partial charge in [0.15, 0.2) is 0 Å². The normalized spacial score (nSPS) is 13.2. The van der Waals surface area contributed by atoms with Crippen molar-refractivity contribution in [2.45, 2.75) is 13.0 Å². The molecule has 2 amide bonds. The van der Waals surface area contributed by atoms with Crippen LogP contribution >= 0.6 is 24.8 Å². The highest BCUT2D eigenvalue weighted by Crippen LogP contribution is 2.08. The molecule has 164 valence electrons. The van der Waals surface area contributed by atoms with Crippen LogP contribution in [-0.4, -0.2) is 65.9 Å². The molecule has 0 bridgehead atoms. The largest absolute Gasteiger partial charge is 0.340 e. The molecule has 0 aliphatic carbocycles. The number of pyridine rings is 1. The Labute approximate surface area is 190 Å². The second-order valence-corrected chi connectivity index (χ2v) is 6.87. The Morgan fingerprint density at radius 3 is 2.47 bits per heavy atom. The first-order chi connectivity index (χ1) is 13.7. The maximum absolute atomic E-state index is 12.5. The predicted octanol–water partition coefficient (Wildman–Crippen LogP) is 2.19. The first-order valence-electron chi connectivity index (χ1n) is 9.65. The number of para-hydroxylation sites is 1. The van der Waals surface area contributed by atoms with Crippen LogP contribution in [0, 0.1) is 0 Å². The third-order valence-electron chi connectivity index (χ3n) is 4.67. The molecule has 7 nitrogen and oxygen atoms in total. The Morgan fingerprint density at radius 1 is 1.07 bits per heavy atom. The summed E-state index contributed by atoms with van der Waals surface area (Å²) in [7, 11) is 0. The van der Waals surface area contributed by atoms with Gasteiger partial charge < -0.3 is 15.5 Å². The Morgan fingerprint density at radius 2 is 1.80 bits per heavy atom. The van der Waals surface area contributed by atoms with Gasteiger partial charge >= 0.3 is 0 Å². The number of carbonyl (C=O) groups excluding carboxylic acids is 2. The maximum atomic E-state index is 12.5.